The molecule has 0 aromatic heterocycles. The largest absolute Gasteiger partial charge is 0.377 e. The van der Waals surface area contributed by atoms with E-state index < -0.39 is 7.60 Å². The van der Waals surface area contributed by atoms with E-state index in [1.54, 1.807) is 0 Å². The van der Waals surface area contributed by atoms with Crippen LogP contribution in [0.15, 0.2) is 42.5 Å². The van der Waals surface area contributed by atoms with E-state index >= 15 is 0 Å². The van der Waals surface area contributed by atoms with E-state index in [-0.39, 0.29) is 12.2 Å². The van der Waals surface area contributed by atoms with Crippen LogP contribution in [0.5, 0.6) is 0 Å². The van der Waals surface area contributed by atoms with Crippen molar-refractivity contribution < 1.29 is 13.6 Å². The monoisotopic (exact) mass is 473 g/mol. The van der Waals surface area contributed by atoms with Gasteiger partial charge in [0.05, 0.1) is 23.2 Å². The van der Waals surface area contributed by atoms with Gasteiger partial charge in [-0.05, 0) is 42.6 Å². The standard InChI is InChI=1S/C26H37NO3P2/c1-27(2)26-23(17-11-18-24(26)31)22-16-9-10-19-25(22)32(28,29-20-12-5-3-6-13-20)30-21-14-7-4-8-15-21/h9-11,16-21H,3-8,12-15,31H2,1-2H3. The second-order valence-electron chi connectivity index (χ2n) is 9.38. The molecule has 2 aliphatic carbocycles. The third kappa shape index (κ3) is 5.48. The van der Waals surface area contributed by atoms with E-state index in [1.807, 2.05) is 32.3 Å². The van der Waals surface area contributed by atoms with Crippen molar-refractivity contribution in [3.63, 3.8) is 0 Å². The lowest BCUT2D eigenvalue weighted by Crippen LogP contribution is -2.26. The molecular weight excluding hydrogens is 436 g/mol. The summed E-state index contributed by atoms with van der Waals surface area (Å²) in [5.74, 6) is 0. The SMILES string of the molecule is CN(C)c1c(P)cccc1-c1ccccc1P(=O)(OC1CCCCC1)OC1CCCCC1. The normalized spacial score (nSPS) is 18.6. The fraction of sp³-hybridized carbons (Fsp3) is 0.538. The summed E-state index contributed by atoms with van der Waals surface area (Å²) in [5, 5.41) is 1.81. The van der Waals surface area contributed by atoms with Crippen molar-refractivity contribution in [2.75, 3.05) is 19.0 Å². The van der Waals surface area contributed by atoms with Gasteiger partial charge in [-0.2, -0.15) is 0 Å². The molecule has 1 atom stereocenters. The van der Waals surface area contributed by atoms with E-state index in [0.29, 0.717) is 5.30 Å². The minimum absolute atomic E-state index is 0.00705. The molecular formula is C26H37NO3P2. The van der Waals surface area contributed by atoms with Gasteiger partial charge >= 0.3 is 7.60 Å². The topological polar surface area (TPSA) is 38.8 Å². The highest BCUT2D eigenvalue weighted by molar-refractivity contribution is 7.62. The first-order valence-electron chi connectivity index (χ1n) is 12.1. The quantitative estimate of drug-likeness (QED) is 0.434. The van der Waals surface area contributed by atoms with Crippen molar-refractivity contribution in [2.45, 2.75) is 76.4 Å². The van der Waals surface area contributed by atoms with Crippen molar-refractivity contribution in [3.8, 4) is 11.1 Å². The Labute approximate surface area is 195 Å². The van der Waals surface area contributed by atoms with Crippen LogP contribution in [-0.4, -0.2) is 26.3 Å². The third-order valence-electron chi connectivity index (χ3n) is 6.68. The van der Waals surface area contributed by atoms with Gasteiger partial charge in [-0.25, -0.2) is 0 Å². The summed E-state index contributed by atoms with van der Waals surface area (Å²) in [7, 11) is 3.42. The molecule has 0 aliphatic heterocycles. The highest BCUT2D eigenvalue weighted by Crippen LogP contribution is 2.54. The minimum atomic E-state index is -3.50. The van der Waals surface area contributed by atoms with Crippen LogP contribution in [0.25, 0.3) is 11.1 Å². The predicted octanol–water partition coefficient (Wildman–Crippen LogP) is 6.44. The molecule has 0 N–H and O–H groups in total. The van der Waals surface area contributed by atoms with E-state index in [9.17, 15) is 4.57 Å². The summed E-state index contributed by atoms with van der Waals surface area (Å²) in [6, 6.07) is 14.2. The summed E-state index contributed by atoms with van der Waals surface area (Å²) in [5.41, 5.74) is 3.10. The van der Waals surface area contributed by atoms with Gasteiger partial charge in [0.25, 0.3) is 0 Å². The maximum absolute atomic E-state index is 14.6. The van der Waals surface area contributed by atoms with Gasteiger partial charge in [-0.3, -0.25) is 4.57 Å². The number of nitrogens with zero attached hydrogens (tertiary/aromatic N) is 1. The van der Waals surface area contributed by atoms with Crippen molar-refractivity contribution in [3.05, 3.63) is 42.5 Å². The highest BCUT2D eigenvalue weighted by atomic mass is 31.2. The Balaban J connectivity index is 1.78. The van der Waals surface area contributed by atoms with E-state index in [2.05, 4.69) is 38.4 Å². The maximum Gasteiger partial charge on any atom is 0.362 e. The average Bonchev–Trinajstić information content (AvgIpc) is 2.80. The zero-order valence-electron chi connectivity index (χ0n) is 19.5. The van der Waals surface area contributed by atoms with Crippen LogP contribution in [-0.2, 0) is 13.6 Å². The zero-order chi connectivity index (χ0) is 22.6. The van der Waals surface area contributed by atoms with Crippen molar-refractivity contribution in [2.24, 2.45) is 0 Å². The Kier molecular flexibility index (Phi) is 8.11. The molecule has 2 aromatic carbocycles. The van der Waals surface area contributed by atoms with Gasteiger partial charge in [0.15, 0.2) is 0 Å². The first-order valence-corrected chi connectivity index (χ1v) is 14.2. The van der Waals surface area contributed by atoms with Crippen molar-refractivity contribution in [1.82, 2.24) is 0 Å². The Bertz CT molecular complexity index is 926. The van der Waals surface area contributed by atoms with Gasteiger partial charge in [-0.15, -0.1) is 9.24 Å². The van der Waals surface area contributed by atoms with Crippen LogP contribution in [0.1, 0.15) is 64.2 Å². The summed E-state index contributed by atoms with van der Waals surface area (Å²) < 4.78 is 27.6. The molecule has 2 fully saturated rings. The fourth-order valence-electron chi connectivity index (χ4n) is 5.09. The average molecular weight is 474 g/mol. The lowest BCUT2D eigenvalue weighted by atomic mass is 9.98. The minimum Gasteiger partial charge on any atom is -0.377 e. The van der Waals surface area contributed by atoms with E-state index in [1.165, 1.54) is 12.8 Å². The molecule has 0 radical (unpaired) electrons. The Morgan fingerprint density at radius 1 is 0.781 bits per heavy atom. The smallest absolute Gasteiger partial charge is 0.362 e. The number of benzene rings is 2. The van der Waals surface area contributed by atoms with Crippen molar-refractivity contribution in [1.29, 1.82) is 0 Å². The molecule has 4 rings (SSSR count). The molecule has 2 saturated carbocycles. The van der Waals surface area contributed by atoms with Gasteiger partial charge < -0.3 is 13.9 Å². The molecule has 0 heterocycles. The van der Waals surface area contributed by atoms with Crippen LogP contribution >= 0.6 is 16.8 Å². The first kappa shape index (κ1) is 24.0. The van der Waals surface area contributed by atoms with E-state index in [0.717, 1.165) is 73.5 Å². The van der Waals surface area contributed by atoms with Crippen LogP contribution in [0.4, 0.5) is 5.69 Å². The molecule has 0 bridgehead atoms. The maximum atomic E-state index is 14.6. The third-order valence-corrected chi connectivity index (χ3v) is 9.28. The molecule has 6 heteroatoms. The fourth-order valence-corrected chi connectivity index (χ4v) is 7.86. The molecule has 2 aliphatic rings. The Hall–Kier alpha value is -1.18. The zero-order valence-corrected chi connectivity index (χ0v) is 21.5. The number of hydrogen-bond donors (Lipinski definition) is 0. The Morgan fingerprint density at radius 2 is 1.31 bits per heavy atom. The second-order valence-corrected chi connectivity index (χ2v) is 11.9. The van der Waals surface area contributed by atoms with Crippen LogP contribution in [0, 0.1) is 0 Å². The molecule has 0 spiro atoms. The first-order chi connectivity index (χ1) is 15.5. The number of rotatable bonds is 7. The molecule has 0 amide bonds. The predicted molar refractivity (Wildman–Crippen MR) is 139 cm³/mol. The van der Waals surface area contributed by atoms with Gasteiger partial charge in [0, 0.05) is 19.7 Å². The molecule has 2 aromatic rings. The summed E-state index contributed by atoms with van der Waals surface area (Å²) in [6.45, 7) is 0. The lowest BCUT2D eigenvalue weighted by Gasteiger charge is -2.32. The molecule has 4 nitrogen and oxygen atoms in total. The molecule has 0 saturated heterocycles. The summed E-state index contributed by atoms with van der Waals surface area (Å²) in [6.07, 6.45) is 10.9. The molecule has 174 valence electrons. The van der Waals surface area contributed by atoms with Gasteiger partial charge in [-0.1, -0.05) is 74.9 Å². The van der Waals surface area contributed by atoms with Gasteiger partial charge in [0.2, 0.25) is 0 Å². The van der Waals surface area contributed by atoms with Crippen molar-refractivity contribution >= 4 is 33.1 Å². The molecule has 1 unspecified atom stereocenters. The van der Waals surface area contributed by atoms with Crippen LogP contribution in [0.2, 0.25) is 0 Å². The molecule has 32 heavy (non-hydrogen) atoms. The second kappa shape index (κ2) is 10.8. The lowest BCUT2D eigenvalue weighted by molar-refractivity contribution is 0.0846. The van der Waals surface area contributed by atoms with E-state index in [4.69, 9.17) is 9.05 Å². The number of anilines is 1. The highest BCUT2D eigenvalue weighted by Gasteiger charge is 2.37. The number of hydrogen-bond acceptors (Lipinski definition) is 4. The summed E-state index contributed by atoms with van der Waals surface area (Å²) >= 11 is 0. The van der Waals surface area contributed by atoms with Crippen LogP contribution in [0.3, 0.4) is 0 Å². The summed E-state index contributed by atoms with van der Waals surface area (Å²) in [4.78, 5) is 2.11. The van der Waals surface area contributed by atoms with Gasteiger partial charge in [0.1, 0.15) is 0 Å². The van der Waals surface area contributed by atoms with Crippen LogP contribution < -0.4 is 15.5 Å². The Morgan fingerprint density at radius 3 is 1.88 bits per heavy atom. The number of para-hydroxylation sites is 1.